The van der Waals surface area contributed by atoms with Gasteiger partial charge in [0.2, 0.25) is 12.3 Å². The van der Waals surface area contributed by atoms with E-state index in [2.05, 4.69) is 20.8 Å². The molecule has 2 unspecified atom stereocenters. The number of carbonyl (C=O) groups is 2. The van der Waals surface area contributed by atoms with Gasteiger partial charge in [-0.25, -0.2) is 0 Å². The van der Waals surface area contributed by atoms with E-state index in [1.54, 1.807) is 4.90 Å². The summed E-state index contributed by atoms with van der Waals surface area (Å²) in [5, 5.41) is 0. The van der Waals surface area contributed by atoms with Gasteiger partial charge in [-0.15, -0.1) is 0 Å². The Kier molecular flexibility index (Phi) is 4.13. The molecule has 2 aliphatic rings. The van der Waals surface area contributed by atoms with Crippen molar-refractivity contribution in [3.05, 3.63) is 0 Å². The van der Waals surface area contributed by atoms with Gasteiger partial charge in [-0.3, -0.25) is 9.59 Å². The minimum Gasteiger partial charge on any atom is -0.374 e. The second kappa shape index (κ2) is 5.49. The Hall–Kier alpha value is -1.10. The number of rotatable bonds is 2. The van der Waals surface area contributed by atoms with E-state index in [-0.39, 0.29) is 23.5 Å². The van der Waals surface area contributed by atoms with Crippen LogP contribution in [0.25, 0.3) is 0 Å². The van der Waals surface area contributed by atoms with Gasteiger partial charge in [0.05, 0.1) is 12.7 Å². The zero-order valence-corrected chi connectivity index (χ0v) is 12.1. The molecule has 2 aliphatic heterocycles. The van der Waals surface area contributed by atoms with E-state index in [0.717, 1.165) is 19.3 Å². The topological polar surface area (TPSA) is 49.9 Å². The highest BCUT2D eigenvalue weighted by molar-refractivity contribution is 5.84. The van der Waals surface area contributed by atoms with Crippen LogP contribution in [0.1, 0.15) is 33.6 Å². The van der Waals surface area contributed by atoms with Crippen LogP contribution in [-0.2, 0) is 14.3 Å². The highest BCUT2D eigenvalue weighted by Crippen LogP contribution is 2.26. The quantitative estimate of drug-likeness (QED) is 0.699. The molecule has 0 bridgehead atoms. The smallest absolute Gasteiger partial charge is 0.245 e. The highest BCUT2D eigenvalue weighted by Gasteiger charge is 2.37. The zero-order valence-electron chi connectivity index (χ0n) is 12.1. The molecule has 2 amide bonds. The average Bonchev–Trinajstić information content (AvgIpc) is 2.85. The Bertz CT molecular complexity index is 351. The van der Waals surface area contributed by atoms with Gasteiger partial charge < -0.3 is 14.5 Å². The lowest BCUT2D eigenvalue weighted by molar-refractivity contribution is -0.149. The number of ether oxygens (including phenoxy) is 1. The van der Waals surface area contributed by atoms with Crippen molar-refractivity contribution in [3.63, 3.8) is 0 Å². The van der Waals surface area contributed by atoms with E-state index in [4.69, 9.17) is 4.74 Å². The van der Waals surface area contributed by atoms with Crippen LogP contribution in [-0.4, -0.2) is 60.5 Å². The minimum absolute atomic E-state index is 0.0268. The second-order valence-corrected chi connectivity index (χ2v) is 6.51. The lowest BCUT2D eigenvalue weighted by Crippen LogP contribution is -2.54. The first kappa shape index (κ1) is 14.3. The molecular weight excluding hydrogens is 244 g/mol. The van der Waals surface area contributed by atoms with Crippen molar-refractivity contribution in [1.29, 1.82) is 0 Å². The van der Waals surface area contributed by atoms with E-state index >= 15 is 0 Å². The monoisotopic (exact) mass is 268 g/mol. The third kappa shape index (κ3) is 3.08. The number of morpholine rings is 1. The molecule has 0 saturated carbocycles. The van der Waals surface area contributed by atoms with Crippen LogP contribution in [0.3, 0.4) is 0 Å². The molecule has 2 atom stereocenters. The summed E-state index contributed by atoms with van der Waals surface area (Å²) >= 11 is 0. The summed E-state index contributed by atoms with van der Waals surface area (Å²) in [7, 11) is 0. The van der Waals surface area contributed by atoms with Crippen molar-refractivity contribution in [2.75, 3.05) is 26.2 Å². The lowest BCUT2D eigenvalue weighted by atomic mass is 9.88. The van der Waals surface area contributed by atoms with Crippen molar-refractivity contribution in [3.8, 4) is 0 Å². The molecule has 2 saturated heterocycles. The Morgan fingerprint density at radius 2 is 2.05 bits per heavy atom. The van der Waals surface area contributed by atoms with Crippen LogP contribution in [0.2, 0.25) is 0 Å². The Balaban J connectivity index is 2.01. The number of carbonyl (C=O) groups excluding carboxylic acids is 2. The molecule has 0 aliphatic carbocycles. The van der Waals surface area contributed by atoms with E-state index in [9.17, 15) is 9.59 Å². The first-order valence-corrected chi connectivity index (χ1v) is 7.05. The molecule has 2 rings (SSSR count). The maximum atomic E-state index is 12.5. The van der Waals surface area contributed by atoms with Gasteiger partial charge in [-0.05, 0) is 18.3 Å². The van der Waals surface area contributed by atoms with Crippen LogP contribution in [0, 0.1) is 5.41 Å². The minimum atomic E-state index is -0.254. The van der Waals surface area contributed by atoms with Gasteiger partial charge in [0.25, 0.3) is 0 Å². The van der Waals surface area contributed by atoms with Gasteiger partial charge in [0.1, 0.15) is 6.04 Å². The molecule has 0 aromatic heterocycles. The van der Waals surface area contributed by atoms with E-state index in [1.165, 1.54) is 0 Å². The Morgan fingerprint density at radius 1 is 1.32 bits per heavy atom. The van der Waals surface area contributed by atoms with Crippen LogP contribution in [0.15, 0.2) is 0 Å². The molecule has 5 nitrogen and oxygen atoms in total. The van der Waals surface area contributed by atoms with Crippen molar-refractivity contribution in [2.45, 2.75) is 45.8 Å². The summed E-state index contributed by atoms with van der Waals surface area (Å²) in [4.78, 5) is 27.0. The average molecular weight is 268 g/mol. The van der Waals surface area contributed by atoms with Crippen molar-refractivity contribution < 1.29 is 14.3 Å². The summed E-state index contributed by atoms with van der Waals surface area (Å²) in [6.07, 6.45) is 2.57. The number of likely N-dealkylation sites (tertiary alicyclic amines) is 1. The van der Waals surface area contributed by atoms with Gasteiger partial charge >= 0.3 is 0 Å². The fourth-order valence-electron chi connectivity index (χ4n) is 2.76. The molecule has 108 valence electrons. The summed E-state index contributed by atoms with van der Waals surface area (Å²) in [5.74, 6) is 0.0853. The van der Waals surface area contributed by atoms with E-state index in [0.29, 0.717) is 26.2 Å². The molecule has 0 aromatic rings. The first-order chi connectivity index (χ1) is 8.93. The largest absolute Gasteiger partial charge is 0.374 e. The maximum Gasteiger partial charge on any atom is 0.245 e. The lowest BCUT2D eigenvalue weighted by Gasteiger charge is -2.40. The van der Waals surface area contributed by atoms with Crippen LogP contribution < -0.4 is 0 Å². The van der Waals surface area contributed by atoms with Crippen LogP contribution >= 0.6 is 0 Å². The van der Waals surface area contributed by atoms with Gasteiger partial charge in [-0.1, -0.05) is 20.8 Å². The molecule has 2 heterocycles. The maximum absolute atomic E-state index is 12.5. The molecule has 0 radical (unpaired) electrons. The first-order valence-electron chi connectivity index (χ1n) is 7.05. The number of hydrogen-bond donors (Lipinski definition) is 0. The normalized spacial score (nSPS) is 28.6. The van der Waals surface area contributed by atoms with E-state index < -0.39 is 0 Å². The van der Waals surface area contributed by atoms with Gasteiger partial charge in [0.15, 0.2) is 0 Å². The summed E-state index contributed by atoms with van der Waals surface area (Å²) in [6, 6.07) is -0.254. The van der Waals surface area contributed by atoms with Crippen molar-refractivity contribution in [1.82, 2.24) is 9.80 Å². The summed E-state index contributed by atoms with van der Waals surface area (Å²) in [6.45, 7) is 8.92. The standard InChI is InChI=1S/C14H24N2O3/c1-14(2,3)12-9-15(7-8-19-12)13(18)11-5-4-6-16(11)10-17/h10-12H,4-9H2,1-3H3. The van der Waals surface area contributed by atoms with Crippen LogP contribution in [0.4, 0.5) is 0 Å². The molecule has 0 aromatic carbocycles. The van der Waals surface area contributed by atoms with Gasteiger partial charge in [0, 0.05) is 19.6 Å². The second-order valence-electron chi connectivity index (χ2n) is 6.51. The molecule has 0 spiro atoms. The molecule has 0 N–H and O–H groups in total. The zero-order chi connectivity index (χ0) is 14.0. The third-order valence-electron chi connectivity index (χ3n) is 4.06. The number of amides is 2. The third-order valence-corrected chi connectivity index (χ3v) is 4.06. The SMILES string of the molecule is CC(C)(C)C1CN(C(=O)C2CCCN2C=O)CCO1. The molecule has 19 heavy (non-hydrogen) atoms. The fourth-order valence-corrected chi connectivity index (χ4v) is 2.76. The van der Waals surface area contributed by atoms with Gasteiger partial charge in [-0.2, -0.15) is 0 Å². The molecule has 5 heteroatoms. The Labute approximate surface area is 114 Å². The molecule has 2 fully saturated rings. The predicted molar refractivity (Wildman–Crippen MR) is 71.6 cm³/mol. The Morgan fingerprint density at radius 3 is 2.68 bits per heavy atom. The highest BCUT2D eigenvalue weighted by atomic mass is 16.5. The fraction of sp³-hybridized carbons (Fsp3) is 0.857. The number of hydrogen-bond acceptors (Lipinski definition) is 3. The molecular formula is C14H24N2O3. The number of nitrogens with zero attached hydrogens (tertiary/aromatic N) is 2. The predicted octanol–water partition coefficient (Wildman–Crippen LogP) is 0.881. The summed E-state index contributed by atoms with van der Waals surface area (Å²) < 4.78 is 5.76. The van der Waals surface area contributed by atoms with E-state index in [1.807, 2.05) is 4.90 Å². The van der Waals surface area contributed by atoms with Crippen molar-refractivity contribution >= 4 is 12.3 Å². The summed E-state index contributed by atoms with van der Waals surface area (Å²) in [5.41, 5.74) is 0.0268. The van der Waals surface area contributed by atoms with Crippen molar-refractivity contribution in [2.24, 2.45) is 5.41 Å². The van der Waals surface area contributed by atoms with Crippen LogP contribution in [0.5, 0.6) is 0 Å².